The second-order valence-corrected chi connectivity index (χ2v) is 14.4. The van der Waals surface area contributed by atoms with Gasteiger partial charge in [-0.2, -0.15) is 0 Å². The molecule has 2 aromatic heterocycles. The van der Waals surface area contributed by atoms with Crippen LogP contribution in [0.5, 0.6) is 0 Å². The molecule has 11 heteroatoms. The predicted molar refractivity (Wildman–Crippen MR) is 214 cm³/mol. The number of fused-ring (bicyclic) bond motifs is 1. The maximum atomic E-state index is 13.9. The largest absolute Gasteiger partial charge is 0.436 e. The van der Waals surface area contributed by atoms with Crippen LogP contribution in [0.25, 0.3) is 33.8 Å². The van der Waals surface area contributed by atoms with Gasteiger partial charge in [0.25, 0.3) is 0 Å². The molecule has 0 radical (unpaired) electrons. The second kappa shape index (κ2) is 16.5. The number of carbonyl (C=O) groups is 3. The van der Waals surface area contributed by atoms with Crippen molar-refractivity contribution in [3.8, 4) is 22.8 Å². The number of aromatic nitrogens is 3. The molecule has 1 fully saturated rings. The summed E-state index contributed by atoms with van der Waals surface area (Å²) in [4.78, 5) is 59.1. The van der Waals surface area contributed by atoms with Gasteiger partial charge in [-0.3, -0.25) is 19.3 Å². The smallest absolute Gasteiger partial charge is 0.247 e. The highest BCUT2D eigenvalue weighted by atomic mass is 16.4. The predicted octanol–water partition coefficient (Wildman–Crippen LogP) is 7.41. The molecule has 55 heavy (non-hydrogen) atoms. The van der Waals surface area contributed by atoms with Gasteiger partial charge >= 0.3 is 0 Å². The summed E-state index contributed by atoms with van der Waals surface area (Å²) in [6.45, 7) is 5.55. The van der Waals surface area contributed by atoms with Gasteiger partial charge in [-0.25, -0.2) is 9.97 Å². The van der Waals surface area contributed by atoms with Crippen molar-refractivity contribution in [2.24, 2.45) is 0 Å². The van der Waals surface area contributed by atoms with E-state index in [2.05, 4.69) is 22.2 Å². The van der Waals surface area contributed by atoms with Crippen LogP contribution in [0.1, 0.15) is 54.7 Å². The number of likely N-dealkylation sites (N-methyl/N-ethyl adjacent to an activating group) is 1. The summed E-state index contributed by atoms with van der Waals surface area (Å²) in [6.07, 6.45) is 4.24. The zero-order valence-corrected chi connectivity index (χ0v) is 31.8. The zero-order valence-electron chi connectivity index (χ0n) is 31.8. The van der Waals surface area contributed by atoms with E-state index < -0.39 is 12.1 Å². The molecule has 6 aromatic rings. The number of benzene rings is 4. The highest BCUT2D eigenvalue weighted by Crippen LogP contribution is 2.33. The van der Waals surface area contributed by atoms with Crippen molar-refractivity contribution in [3.63, 3.8) is 0 Å². The summed E-state index contributed by atoms with van der Waals surface area (Å²) < 4.78 is 6.31. The van der Waals surface area contributed by atoms with Gasteiger partial charge in [-0.05, 0) is 87.3 Å². The number of nitrogens with one attached hydrogen (secondary N) is 2. The van der Waals surface area contributed by atoms with Crippen LogP contribution in [0, 0.1) is 6.92 Å². The van der Waals surface area contributed by atoms with Gasteiger partial charge in [-0.15, -0.1) is 0 Å². The number of anilines is 1. The number of rotatable bonds is 13. The third-order valence-corrected chi connectivity index (χ3v) is 10.2. The first kappa shape index (κ1) is 37.3. The minimum absolute atomic E-state index is 0.0647. The van der Waals surface area contributed by atoms with Crippen molar-refractivity contribution in [2.45, 2.75) is 58.2 Å². The summed E-state index contributed by atoms with van der Waals surface area (Å²) >= 11 is 0. The highest BCUT2D eigenvalue weighted by molar-refractivity contribution is 5.99. The first-order valence-corrected chi connectivity index (χ1v) is 18.9. The van der Waals surface area contributed by atoms with Gasteiger partial charge in [-0.1, -0.05) is 73.7 Å². The maximum absolute atomic E-state index is 13.9. The normalized spacial score (nSPS) is 14.7. The molecule has 1 aliphatic heterocycles. The van der Waals surface area contributed by atoms with E-state index in [1.165, 1.54) is 0 Å². The number of amides is 3. The monoisotopic (exact) mass is 737 g/mol. The van der Waals surface area contributed by atoms with Crippen LogP contribution in [0.3, 0.4) is 0 Å². The lowest BCUT2D eigenvalue weighted by molar-refractivity contribution is -0.140. The number of hydrogen-bond donors (Lipinski definition) is 2. The van der Waals surface area contributed by atoms with Crippen molar-refractivity contribution in [3.05, 3.63) is 126 Å². The Labute approximate surface area is 321 Å². The fourth-order valence-corrected chi connectivity index (χ4v) is 7.42. The Morgan fingerprint density at radius 3 is 2.49 bits per heavy atom. The van der Waals surface area contributed by atoms with Crippen LogP contribution in [0.4, 0.5) is 5.69 Å². The number of oxazole rings is 1. The van der Waals surface area contributed by atoms with E-state index in [9.17, 15) is 14.4 Å². The molecule has 3 amide bonds. The van der Waals surface area contributed by atoms with E-state index in [-0.39, 0.29) is 17.7 Å². The average Bonchev–Trinajstić information content (AvgIpc) is 3.96. The number of hydrogen-bond acceptors (Lipinski definition) is 7. The third kappa shape index (κ3) is 8.22. The van der Waals surface area contributed by atoms with Crippen molar-refractivity contribution in [2.75, 3.05) is 32.5 Å². The van der Waals surface area contributed by atoms with Gasteiger partial charge in [0.05, 0.1) is 30.2 Å². The molecular weight excluding hydrogens is 691 g/mol. The van der Waals surface area contributed by atoms with Gasteiger partial charge in [0.1, 0.15) is 17.9 Å². The van der Waals surface area contributed by atoms with E-state index in [1.807, 2.05) is 128 Å². The first-order valence-electron chi connectivity index (χ1n) is 18.9. The summed E-state index contributed by atoms with van der Waals surface area (Å²) in [6, 6.07) is 29.9. The molecule has 0 unspecified atom stereocenters. The number of aromatic amines is 1. The molecule has 7 rings (SSSR count). The third-order valence-electron chi connectivity index (χ3n) is 10.2. The SMILES string of the molecule is CCCN(Cc1nc2ccc(-c3cnc(-c4cccc(NC(=O)[C@@H]5CCCN5C(=O)[C@@H](c5ccccc5)N(C)C)c4C)o3)cc2[nH]1)C(=O)Cc1ccccc1. The molecule has 282 valence electrons. The number of carbonyl (C=O) groups excluding carboxylic acids is 3. The topological polar surface area (TPSA) is 128 Å². The Bertz CT molecular complexity index is 2280. The maximum Gasteiger partial charge on any atom is 0.247 e. The van der Waals surface area contributed by atoms with Gasteiger partial charge in [0.2, 0.25) is 23.6 Å². The molecule has 0 bridgehead atoms. The molecule has 1 aliphatic rings. The van der Waals surface area contributed by atoms with Gasteiger partial charge in [0.15, 0.2) is 5.76 Å². The van der Waals surface area contributed by atoms with Gasteiger partial charge in [0, 0.05) is 29.9 Å². The Morgan fingerprint density at radius 2 is 1.75 bits per heavy atom. The Balaban J connectivity index is 1.05. The van der Waals surface area contributed by atoms with Crippen molar-refractivity contribution >= 4 is 34.4 Å². The van der Waals surface area contributed by atoms with Crippen LogP contribution >= 0.6 is 0 Å². The number of H-pyrrole nitrogens is 1. The molecule has 0 saturated carbocycles. The zero-order chi connectivity index (χ0) is 38.5. The second-order valence-electron chi connectivity index (χ2n) is 14.4. The van der Waals surface area contributed by atoms with Crippen LogP contribution in [0.15, 0.2) is 108 Å². The molecule has 0 spiro atoms. The molecule has 2 N–H and O–H groups in total. The minimum Gasteiger partial charge on any atom is -0.436 e. The van der Waals surface area contributed by atoms with Crippen LogP contribution in [0.2, 0.25) is 0 Å². The van der Waals surface area contributed by atoms with Gasteiger partial charge < -0.3 is 24.5 Å². The van der Waals surface area contributed by atoms with E-state index in [1.54, 1.807) is 11.1 Å². The number of nitrogens with zero attached hydrogens (tertiary/aromatic N) is 5. The summed E-state index contributed by atoms with van der Waals surface area (Å²) in [5.74, 6) is 1.50. The fraction of sp³-hybridized carbons (Fsp3) is 0.295. The molecule has 1 saturated heterocycles. The van der Waals surface area contributed by atoms with Crippen molar-refractivity contribution in [1.29, 1.82) is 0 Å². The Kier molecular flexibility index (Phi) is 11.2. The van der Waals surface area contributed by atoms with Crippen LogP contribution in [-0.4, -0.2) is 80.6 Å². The summed E-state index contributed by atoms with van der Waals surface area (Å²) in [5, 5.41) is 3.10. The van der Waals surface area contributed by atoms with Crippen LogP contribution in [-0.2, 0) is 27.3 Å². The summed E-state index contributed by atoms with van der Waals surface area (Å²) in [5.41, 5.74) is 6.54. The average molecular weight is 738 g/mol. The van der Waals surface area contributed by atoms with E-state index >= 15 is 0 Å². The van der Waals surface area contributed by atoms with E-state index in [0.29, 0.717) is 55.6 Å². The molecule has 2 atom stereocenters. The number of likely N-dealkylation sites (tertiary alicyclic amines) is 1. The minimum atomic E-state index is -0.572. The standard InChI is InChI=1S/C44H47N7O4/c1-5-23-50(40(52)25-30-14-8-6-9-15-30)28-39-46-35-22-21-32(26-36(35)47-39)38-27-45-43(55-38)33-18-12-19-34(29(33)2)48-42(53)37-20-13-24-51(37)44(54)41(49(3)4)31-16-10-7-11-17-31/h6-12,14-19,21-22,26-27,37,41H,5,13,20,23-25,28H2,1-4H3,(H,46,47)(H,48,53)/t37-,41+/m0/s1. The molecule has 0 aliphatic carbocycles. The van der Waals surface area contributed by atoms with Crippen LogP contribution < -0.4 is 5.32 Å². The fourth-order valence-electron chi connectivity index (χ4n) is 7.42. The summed E-state index contributed by atoms with van der Waals surface area (Å²) in [7, 11) is 3.77. The molecule has 3 heterocycles. The lowest BCUT2D eigenvalue weighted by Gasteiger charge is -2.31. The highest BCUT2D eigenvalue weighted by Gasteiger charge is 2.38. The Morgan fingerprint density at radius 1 is 0.982 bits per heavy atom. The molecular formula is C44H47N7O4. The molecule has 11 nitrogen and oxygen atoms in total. The number of imidazole rings is 1. The lowest BCUT2D eigenvalue weighted by atomic mass is 10.0. The lowest BCUT2D eigenvalue weighted by Crippen LogP contribution is -2.47. The van der Waals surface area contributed by atoms with E-state index in [0.717, 1.165) is 51.7 Å². The quantitative estimate of drug-likeness (QED) is 0.126. The first-order chi connectivity index (χ1) is 26.7. The Hall–Kier alpha value is -6.07. The van der Waals surface area contributed by atoms with Crippen molar-refractivity contribution < 1.29 is 18.8 Å². The van der Waals surface area contributed by atoms with Crippen molar-refractivity contribution in [1.82, 2.24) is 29.7 Å². The molecule has 4 aromatic carbocycles. The van der Waals surface area contributed by atoms with E-state index in [4.69, 9.17) is 9.40 Å².